The fraction of sp³-hybridized carbons (Fsp3) is 0.917. The van der Waals surface area contributed by atoms with Crippen molar-refractivity contribution >= 4 is 5.91 Å². The Hall–Kier alpha value is -0.610. The second-order valence-electron chi connectivity index (χ2n) is 4.64. The van der Waals surface area contributed by atoms with Gasteiger partial charge in [-0.2, -0.15) is 0 Å². The third-order valence-corrected chi connectivity index (χ3v) is 3.19. The molecule has 4 heteroatoms. The summed E-state index contributed by atoms with van der Waals surface area (Å²) in [7, 11) is 1.71. The van der Waals surface area contributed by atoms with Crippen molar-refractivity contribution in [2.75, 3.05) is 26.8 Å². The highest BCUT2D eigenvalue weighted by atomic mass is 16.5. The lowest BCUT2D eigenvalue weighted by molar-refractivity contribution is -0.131. The topological polar surface area (TPSA) is 55.6 Å². The summed E-state index contributed by atoms with van der Waals surface area (Å²) < 4.78 is 5.11. The molecule has 2 N–H and O–H groups in total. The monoisotopic (exact) mass is 228 g/mol. The molecule has 94 valence electrons. The predicted octanol–water partition coefficient (Wildman–Crippen LogP) is 0.999. The van der Waals surface area contributed by atoms with E-state index in [4.69, 9.17) is 10.5 Å². The van der Waals surface area contributed by atoms with Gasteiger partial charge in [-0.1, -0.05) is 19.8 Å². The summed E-state index contributed by atoms with van der Waals surface area (Å²) in [5.74, 6) is 0.611. The van der Waals surface area contributed by atoms with Gasteiger partial charge in [0.1, 0.15) is 0 Å². The molecular weight excluding hydrogens is 204 g/mol. The van der Waals surface area contributed by atoms with Gasteiger partial charge in [-0.25, -0.2) is 0 Å². The fourth-order valence-corrected chi connectivity index (χ4v) is 2.19. The molecule has 0 aromatic rings. The van der Waals surface area contributed by atoms with Gasteiger partial charge >= 0.3 is 0 Å². The van der Waals surface area contributed by atoms with Crippen LogP contribution in [0.1, 0.15) is 32.6 Å². The lowest BCUT2D eigenvalue weighted by atomic mass is 10.1. The molecule has 1 heterocycles. The number of nitrogens with two attached hydrogens (primary N) is 1. The normalized spacial score (nSPS) is 22.4. The number of hydrogen-bond donors (Lipinski definition) is 1. The molecule has 2 atom stereocenters. The Kier molecular flexibility index (Phi) is 5.77. The highest BCUT2D eigenvalue weighted by molar-refractivity contribution is 5.81. The minimum absolute atomic E-state index is 0.118. The van der Waals surface area contributed by atoms with Crippen molar-refractivity contribution in [3.63, 3.8) is 0 Å². The predicted molar refractivity (Wildman–Crippen MR) is 64.1 cm³/mol. The average Bonchev–Trinajstić information content (AvgIpc) is 2.74. The van der Waals surface area contributed by atoms with Crippen LogP contribution < -0.4 is 5.73 Å². The third-order valence-electron chi connectivity index (χ3n) is 3.19. The number of nitrogens with zero attached hydrogens (tertiary/aromatic N) is 1. The number of likely N-dealkylation sites (tertiary alicyclic amines) is 1. The molecule has 0 radical (unpaired) electrons. The number of hydrogen-bond acceptors (Lipinski definition) is 3. The molecule has 4 nitrogen and oxygen atoms in total. The Labute approximate surface area is 98.1 Å². The van der Waals surface area contributed by atoms with E-state index in [0.717, 1.165) is 45.4 Å². The van der Waals surface area contributed by atoms with Gasteiger partial charge in [0.2, 0.25) is 5.91 Å². The van der Waals surface area contributed by atoms with Crippen LogP contribution in [0.5, 0.6) is 0 Å². The molecule has 1 aliphatic heterocycles. The number of ether oxygens (including phenoxy) is 1. The summed E-state index contributed by atoms with van der Waals surface area (Å²) in [6.07, 6.45) is 3.97. The maximum atomic E-state index is 12.0. The van der Waals surface area contributed by atoms with Crippen molar-refractivity contribution in [2.45, 2.75) is 38.6 Å². The number of carbonyl (C=O) groups is 1. The van der Waals surface area contributed by atoms with Crippen molar-refractivity contribution in [1.29, 1.82) is 0 Å². The van der Waals surface area contributed by atoms with Gasteiger partial charge in [0, 0.05) is 26.1 Å². The molecule has 16 heavy (non-hydrogen) atoms. The summed E-state index contributed by atoms with van der Waals surface area (Å²) >= 11 is 0. The van der Waals surface area contributed by atoms with Crippen LogP contribution in [0.25, 0.3) is 0 Å². The van der Waals surface area contributed by atoms with Gasteiger partial charge in [-0.3, -0.25) is 4.79 Å². The smallest absolute Gasteiger partial charge is 0.239 e. The second kappa shape index (κ2) is 6.86. The van der Waals surface area contributed by atoms with Gasteiger partial charge in [-0.05, 0) is 12.8 Å². The molecule has 0 spiro atoms. The number of methoxy groups -OCH3 is 1. The molecule has 1 aliphatic rings. The first-order valence-electron chi connectivity index (χ1n) is 6.22. The standard InChI is InChI=1S/C12H24N2O2/c1-3-4-5-11(13)12(15)14-7-6-10(8-14)9-16-2/h10-11H,3-9,13H2,1-2H3. The zero-order valence-electron chi connectivity index (χ0n) is 10.4. The van der Waals surface area contributed by atoms with E-state index in [1.165, 1.54) is 0 Å². The van der Waals surface area contributed by atoms with Crippen molar-refractivity contribution in [1.82, 2.24) is 4.90 Å². The molecule has 0 aromatic heterocycles. The van der Waals surface area contributed by atoms with Crippen LogP contribution in [-0.4, -0.2) is 43.7 Å². The molecule has 0 bridgehead atoms. The van der Waals surface area contributed by atoms with E-state index in [0.29, 0.717) is 5.92 Å². The fourth-order valence-electron chi connectivity index (χ4n) is 2.19. The zero-order valence-corrected chi connectivity index (χ0v) is 10.4. The molecule has 0 aromatic carbocycles. The van der Waals surface area contributed by atoms with Gasteiger partial charge in [0.05, 0.1) is 12.6 Å². The number of rotatable bonds is 6. The van der Waals surface area contributed by atoms with Crippen LogP contribution in [0.2, 0.25) is 0 Å². The van der Waals surface area contributed by atoms with E-state index in [1.807, 2.05) is 4.90 Å². The molecular formula is C12H24N2O2. The molecule has 0 aliphatic carbocycles. The van der Waals surface area contributed by atoms with Crippen molar-refractivity contribution < 1.29 is 9.53 Å². The first kappa shape index (κ1) is 13.5. The van der Waals surface area contributed by atoms with Crippen LogP contribution in [-0.2, 0) is 9.53 Å². The molecule has 1 rings (SSSR count). The summed E-state index contributed by atoms with van der Waals surface area (Å²) in [6.45, 7) is 4.51. The first-order valence-corrected chi connectivity index (χ1v) is 6.22. The molecule has 2 unspecified atom stereocenters. The average molecular weight is 228 g/mol. The highest BCUT2D eigenvalue weighted by Gasteiger charge is 2.28. The molecule has 1 amide bonds. The summed E-state index contributed by atoms with van der Waals surface area (Å²) in [5, 5.41) is 0. The van der Waals surface area contributed by atoms with Crippen LogP contribution in [0.15, 0.2) is 0 Å². The summed E-state index contributed by atoms with van der Waals surface area (Å²) in [5.41, 5.74) is 5.88. The second-order valence-corrected chi connectivity index (χ2v) is 4.64. The maximum Gasteiger partial charge on any atom is 0.239 e. The Balaban J connectivity index is 2.32. The van der Waals surface area contributed by atoms with Crippen LogP contribution in [0, 0.1) is 5.92 Å². The Morgan fingerprint density at radius 3 is 3.00 bits per heavy atom. The highest BCUT2D eigenvalue weighted by Crippen LogP contribution is 2.17. The van der Waals surface area contributed by atoms with E-state index in [2.05, 4.69) is 6.92 Å². The lowest BCUT2D eigenvalue weighted by Crippen LogP contribution is -2.42. The molecule has 1 fully saturated rings. The minimum atomic E-state index is -0.304. The van der Waals surface area contributed by atoms with Crippen molar-refractivity contribution in [2.24, 2.45) is 11.7 Å². The zero-order chi connectivity index (χ0) is 12.0. The van der Waals surface area contributed by atoms with Gasteiger partial charge < -0.3 is 15.4 Å². The lowest BCUT2D eigenvalue weighted by Gasteiger charge is -2.20. The number of carbonyl (C=O) groups excluding carboxylic acids is 1. The largest absolute Gasteiger partial charge is 0.384 e. The van der Waals surface area contributed by atoms with Crippen LogP contribution in [0.3, 0.4) is 0 Å². The van der Waals surface area contributed by atoms with Crippen LogP contribution in [0.4, 0.5) is 0 Å². The van der Waals surface area contributed by atoms with E-state index >= 15 is 0 Å². The minimum Gasteiger partial charge on any atom is -0.384 e. The Morgan fingerprint density at radius 2 is 2.38 bits per heavy atom. The number of amides is 1. The summed E-state index contributed by atoms with van der Waals surface area (Å²) in [6, 6.07) is -0.304. The van der Waals surface area contributed by atoms with E-state index in [9.17, 15) is 4.79 Å². The van der Waals surface area contributed by atoms with E-state index in [1.54, 1.807) is 7.11 Å². The molecule has 0 saturated carbocycles. The maximum absolute atomic E-state index is 12.0. The molecule has 1 saturated heterocycles. The Bertz CT molecular complexity index is 221. The van der Waals surface area contributed by atoms with Gasteiger partial charge in [0.25, 0.3) is 0 Å². The van der Waals surface area contributed by atoms with E-state index in [-0.39, 0.29) is 11.9 Å². The summed E-state index contributed by atoms with van der Waals surface area (Å²) in [4.78, 5) is 13.9. The number of unbranched alkanes of at least 4 members (excludes halogenated alkanes) is 1. The van der Waals surface area contributed by atoms with Crippen molar-refractivity contribution in [3.05, 3.63) is 0 Å². The van der Waals surface area contributed by atoms with Crippen LogP contribution >= 0.6 is 0 Å². The Morgan fingerprint density at radius 1 is 1.62 bits per heavy atom. The van der Waals surface area contributed by atoms with Gasteiger partial charge in [0.15, 0.2) is 0 Å². The SMILES string of the molecule is CCCCC(N)C(=O)N1CCC(COC)C1. The van der Waals surface area contributed by atoms with E-state index < -0.39 is 0 Å². The van der Waals surface area contributed by atoms with Crippen molar-refractivity contribution in [3.8, 4) is 0 Å². The first-order chi connectivity index (χ1) is 7.69. The van der Waals surface area contributed by atoms with Gasteiger partial charge in [-0.15, -0.1) is 0 Å². The quantitative estimate of drug-likeness (QED) is 0.738. The third kappa shape index (κ3) is 3.76.